The Balaban J connectivity index is 1.63. The first kappa shape index (κ1) is 15.9. The van der Waals surface area contributed by atoms with Crippen LogP contribution in [0.1, 0.15) is 16.1 Å². The minimum absolute atomic E-state index is 0.177. The van der Waals surface area contributed by atoms with Crippen LogP contribution in [0.4, 0.5) is 0 Å². The van der Waals surface area contributed by atoms with Gasteiger partial charge in [-0.05, 0) is 24.3 Å². The van der Waals surface area contributed by atoms with Gasteiger partial charge in [-0.25, -0.2) is 0 Å². The first-order chi connectivity index (χ1) is 11.7. The minimum Gasteiger partial charge on any atom is -0.497 e. The molecular formula is C19H19NO4. The Kier molecular flexibility index (Phi) is 4.70. The third-order valence-electron chi connectivity index (χ3n) is 3.75. The monoisotopic (exact) mass is 325 g/mol. The van der Waals surface area contributed by atoms with Crippen molar-refractivity contribution in [2.75, 3.05) is 20.8 Å². The van der Waals surface area contributed by atoms with Crippen LogP contribution < -0.4 is 14.8 Å². The fraction of sp³-hybridized carbons (Fsp3) is 0.211. The average molecular weight is 325 g/mol. The number of rotatable bonds is 6. The maximum Gasteiger partial charge on any atom is 0.251 e. The van der Waals surface area contributed by atoms with Crippen molar-refractivity contribution in [3.05, 3.63) is 59.9 Å². The number of carbonyl (C=O) groups is 1. The van der Waals surface area contributed by atoms with Crippen LogP contribution in [0.3, 0.4) is 0 Å². The second-order valence-electron chi connectivity index (χ2n) is 5.36. The summed E-state index contributed by atoms with van der Waals surface area (Å²) in [6, 6.07) is 14.9. The molecule has 0 saturated heterocycles. The van der Waals surface area contributed by atoms with E-state index in [1.807, 2.05) is 30.3 Å². The van der Waals surface area contributed by atoms with E-state index in [4.69, 9.17) is 13.9 Å². The standard InChI is InChI=1S/C19H19NO4/c1-22-16-10-14(11-17(12-16)23-2)19(21)20-8-7-15-9-13-5-3-4-6-18(13)24-15/h3-6,9-12H,7-8H2,1-2H3,(H,20,21). The van der Waals surface area contributed by atoms with Crippen LogP contribution in [-0.2, 0) is 6.42 Å². The van der Waals surface area contributed by atoms with Gasteiger partial charge in [0.1, 0.15) is 22.8 Å². The molecule has 3 rings (SSSR count). The Morgan fingerprint density at radius 3 is 2.42 bits per heavy atom. The van der Waals surface area contributed by atoms with Crippen molar-refractivity contribution < 1.29 is 18.7 Å². The molecule has 5 heteroatoms. The second-order valence-corrected chi connectivity index (χ2v) is 5.36. The van der Waals surface area contributed by atoms with E-state index >= 15 is 0 Å². The smallest absolute Gasteiger partial charge is 0.251 e. The van der Waals surface area contributed by atoms with Crippen molar-refractivity contribution in [3.63, 3.8) is 0 Å². The summed E-state index contributed by atoms with van der Waals surface area (Å²) in [5.74, 6) is 1.83. The van der Waals surface area contributed by atoms with Crippen LogP contribution in [0, 0.1) is 0 Å². The molecule has 1 aromatic heterocycles. The number of carbonyl (C=O) groups excluding carboxylic acids is 1. The molecule has 1 amide bonds. The number of para-hydroxylation sites is 1. The van der Waals surface area contributed by atoms with Crippen molar-refractivity contribution in [2.24, 2.45) is 0 Å². The average Bonchev–Trinajstić information content (AvgIpc) is 3.03. The van der Waals surface area contributed by atoms with E-state index in [1.165, 1.54) is 0 Å². The zero-order valence-corrected chi connectivity index (χ0v) is 13.7. The SMILES string of the molecule is COc1cc(OC)cc(C(=O)NCCc2cc3ccccc3o2)c1. The van der Waals surface area contributed by atoms with E-state index in [9.17, 15) is 4.79 Å². The first-order valence-electron chi connectivity index (χ1n) is 7.68. The third kappa shape index (κ3) is 3.51. The van der Waals surface area contributed by atoms with Gasteiger partial charge >= 0.3 is 0 Å². The number of nitrogens with one attached hydrogen (secondary N) is 1. The summed E-state index contributed by atoms with van der Waals surface area (Å²) >= 11 is 0. The lowest BCUT2D eigenvalue weighted by atomic mass is 10.2. The largest absolute Gasteiger partial charge is 0.497 e. The molecule has 0 bridgehead atoms. The number of amides is 1. The highest BCUT2D eigenvalue weighted by Gasteiger charge is 2.10. The highest BCUT2D eigenvalue weighted by atomic mass is 16.5. The molecule has 3 aromatic rings. The normalized spacial score (nSPS) is 10.6. The van der Waals surface area contributed by atoms with Crippen LogP contribution in [0.15, 0.2) is 52.9 Å². The summed E-state index contributed by atoms with van der Waals surface area (Å²) in [5.41, 5.74) is 1.35. The van der Waals surface area contributed by atoms with Gasteiger partial charge in [0.25, 0.3) is 5.91 Å². The molecule has 124 valence electrons. The van der Waals surface area contributed by atoms with Crippen LogP contribution in [0.2, 0.25) is 0 Å². The molecule has 0 aliphatic carbocycles. The summed E-state index contributed by atoms with van der Waals surface area (Å²) in [5, 5.41) is 3.95. The topological polar surface area (TPSA) is 60.7 Å². The Morgan fingerprint density at radius 2 is 1.75 bits per heavy atom. The summed E-state index contributed by atoms with van der Waals surface area (Å²) < 4.78 is 16.1. The van der Waals surface area contributed by atoms with E-state index < -0.39 is 0 Å². The number of fused-ring (bicyclic) bond motifs is 1. The fourth-order valence-electron chi connectivity index (χ4n) is 2.50. The van der Waals surface area contributed by atoms with Crippen LogP contribution in [0.25, 0.3) is 11.0 Å². The highest BCUT2D eigenvalue weighted by molar-refractivity contribution is 5.95. The van der Waals surface area contributed by atoms with E-state index in [1.54, 1.807) is 32.4 Å². The minimum atomic E-state index is -0.177. The number of hydrogen-bond donors (Lipinski definition) is 1. The van der Waals surface area contributed by atoms with Gasteiger partial charge in [-0.15, -0.1) is 0 Å². The van der Waals surface area contributed by atoms with Gasteiger partial charge in [-0.3, -0.25) is 4.79 Å². The van der Waals surface area contributed by atoms with Gasteiger partial charge in [0, 0.05) is 30.0 Å². The Bertz CT molecular complexity index is 798. The van der Waals surface area contributed by atoms with Crippen LogP contribution in [-0.4, -0.2) is 26.7 Å². The molecule has 1 N–H and O–H groups in total. The van der Waals surface area contributed by atoms with Gasteiger partial charge < -0.3 is 19.2 Å². The predicted octanol–water partition coefficient (Wildman–Crippen LogP) is 3.42. The number of furan rings is 1. The van der Waals surface area contributed by atoms with Crippen molar-refractivity contribution in [1.82, 2.24) is 5.32 Å². The summed E-state index contributed by atoms with van der Waals surface area (Å²) in [4.78, 5) is 12.3. The molecular weight excluding hydrogens is 306 g/mol. The van der Waals surface area contributed by atoms with Gasteiger partial charge in [-0.2, -0.15) is 0 Å². The summed E-state index contributed by atoms with van der Waals surface area (Å²) in [6.45, 7) is 0.484. The van der Waals surface area contributed by atoms with E-state index in [-0.39, 0.29) is 5.91 Å². The fourth-order valence-corrected chi connectivity index (χ4v) is 2.50. The molecule has 1 heterocycles. The van der Waals surface area contributed by atoms with E-state index in [2.05, 4.69) is 5.32 Å². The van der Waals surface area contributed by atoms with Crippen molar-refractivity contribution in [2.45, 2.75) is 6.42 Å². The zero-order chi connectivity index (χ0) is 16.9. The highest BCUT2D eigenvalue weighted by Crippen LogP contribution is 2.22. The van der Waals surface area contributed by atoms with E-state index in [0.717, 1.165) is 16.7 Å². The molecule has 0 fully saturated rings. The van der Waals surface area contributed by atoms with Crippen molar-refractivity contribution in [3.8, 4) is 11.5 Å². The zero-order valence-electron chi connectivity index (χ0n) is 13.7. The Hall–Kier alpha value is -2.95. The molecule has 0 aliphatic heterocycles. The molecule has 5 nitrogen and oxygen atoms in total. The molecule has 24 heavy (non-hydrogen) atoms. The Morgan fingerprint density at radius 1 is 1.04 bits per heavy atom. The number of methoxy groups -OCH3 is 2. The molecule has 0 aliphatic rings. The van der Waals surface area contributed by atoms with Crippen LogP contribution in [0.5, 0.6) is 11.5 Å². The second kappa shape index (κ2) is 7.08. The molecule has 0 spiro atoms. The lowest BCUT2D eigenvalue weighted by Gasteiger charge is -2.08. The van der Waals surface area contributed by atoms with Gasteiger partial charge in [-0.1, -0.05) is 18.2 Å². The molecule has 0 saturated carbocycles. The molecule has 2 aromatic carbocycles. The number of hydrogen-bond acceptors (Lipinski definition) is 4. The Labute approximate surface area is 140 Å². The van der Waals surface area contributed by atoms with E-state index in [0.29, 0.717) is 30.0 Å². The number of ether oxygens (including phenoxy) is 2. The quantitative estimate of drug-likeness (QED) is 0.754. The lowest BCUT2D eigenvalue weighted by Crippen LogP contribution is -2.25. The lowest BCUT2D eigenvalue weighted by molar-refractivity contribution is 0.0953. The van der Waals surface area contributed by atoms with Gasteiger partial charge in [0.2, 0.25) is 0 Å². The third-order valence-corrected chi connectivity index (χ3v) is 3.75. The number of benzene rings is 2. The molecule has 0 atom stereocenters. The molecule has 0 unspecified atom stereocenters. The summed E-state index contributed by atoms with van der Waals surface area (Å²) in [6.07, 6.45) is 0.627. The van der Waals surface area contributed by atoms with Crippen molar-refractivity contribution >= 4 is 16.9 Å². The van der Waals surface area contributed by atoms with Gasteiger partial charge in [0.05, 0.1) is 14.2 Å². The van der Waals surface area contributed by atoms with Crippen molar-refractivity contribution in [1.29, 1.82) is 0 Å². The maximum atomic E-state index is 12.3. The van der Waals surface area contributed by atoms with Crippen LogP contribution >= 0.6 is 0 Å². The first-order valence-corrected chi connectivity index (χ1v) is 7.68. The molecule has 0 radical (unpaired) electrons. The predicted molar refractivity (Wildman–Crippen MR) is 91.8 cm³/mol. The summed E-state index contributed by atoms with van der Waals surface area (Å²) in [7, 11) is 3.11. The van der Waals surface area contributed by atoms with Gasteiger partial charge in [0.15, 0.2) is 0 Å². The maximum absolute atomic E-state index is 12.3.